The van der Waals surface area contributed by atoms with E-state index in [2.05, 4.69) is 9.72 Å². The fourth-order valence-corrected chi connectivity index (χ4v) is 1.98. The molecule has 18 heavy (non-hydrogen) atoms. The number of carbonyl (C=O) groups is 1. The van der Waals surface area contributed by atoms with E-state index in [0.29, 0.717) is 5.52 Å². The van der Waals surface area contributed by atoms with Crippen LogP contribution in [0.1, 0.15) is 15.9 Å². The van der Waals surface area contributed by atoms with E-state index < -0.39 is 22.8 Å². The van der Waals surface area contributed by atoms with Crippen LogP contribution in [0.3, 0.4) is 0 Å². The summed E-state index contributed by atoms with van der Waals surface area (Å²) in [6.45, 7) is 1.75. The minimum absolute atomic E-state index is 0.233. The number of fused-ring (bicyclic) bond motifs is 1. The number of aryl methyl sites for hydroxylation is 1. The number of rotatable bonds is 1. The maximum atomic E-state index is 11.7. The summed E-state index contributed by atoms with van der Waals surface area (Å²) in [6, 6.07) is 3.32. The van der Waals surface area contributed by atoms with Gasteiger partial charge in [0.1, 0.15) is 5.75 Å². The molecule has 1 aromatic carbocycles. The van der Waals surface area contributed by atoms with Gasteiger partial charge in [-0.2, -0.15) is 0 Å². The molecule has 0 aliphatic rings. The van der Waals surface area contributed by atoms with Gasteiger partial charge in [-0.25, -0.2) is 4.79 Å². The predicted molar refractivity (Wildman–Crippen MR) is 67.3 cm³/mol. The largest absolute Gasteiger partial charge is 0.506 e. The van der Waals surface area contributed by atoms with E-state index >= 15 is 0 Å². The average Bonchev–Trinajstić information content (AvgIpc) is 2.33. The number of esters is 1. The zero-order chi connectivity index (χ0) is 13.4. The molecule has 94 valence electrons. The highest BCUT2D eigenvalue weighted by molar-refractivity contribution is 6.37. The summed E-state index contributed by atoms with van der Waals surface area (Å²) in [6.07, 6.45) is 0. The van der Waals surface area contributed by atoms with Crippen LogP contribution in [0.2, 0.25) is 5.02 Å². The van der Waals surface area contributed by atoms with Crippen LogP contribution in [0, 0.1) is 6.92 Å². The van der Waals surface area contributed by atoms with Gasteiger partial charge >= 0.3 is 5.97 Å². The molecule has 0 amide bonds. The van der Waals surface area contributed by atoms with Crippen molar-refractivity contribution in [2.75, 3.05) is 7.11 Å². The topological polar surface area (TPSA) is 79.4 Å². The van der Waals surface area contributed by atoms with Gasteiger partial charge in [-0.1, -0.05) is 17.7 Å². The lowest BCUT2D eigenvalue weighted by atomic mass is 10.1. The number of aromatic hydroxyl groups is 1. The summed E-state index contributed by atoms with van der Waals surface area (Å²) < 4.78 is 4.45. The Hall–Kier alpha value is -2.01. The maximum Gasteiger partial charge on any atom is 0.347 e. The smallest absolute Gasteiger partial charge is 0.347 e. The first-order valence-electron chi connectivity index (χ1n) is 5.09. The molecule has 1 heterocycles. The molecule has 2 rings (SSSR count). The summed E-state index contributed by atoms with van der Waals surface area (Å²) in [5, 5.41) is 10.5. The Balaban J connectivity index is 2.96. The summed E-state index contributed by atoms with van der Waals surface area (Å²) in [5.74, 6) is -1.37. The molecule has 2 aromatic rings. The van der Waals surface area contributed by atoms with E-state index in [0.717, 1.165) is 12.7 Å². The van der Waals surface area contributed by atoms with Crippen LogP contribution in [0.5, 0.6) is 5.75 Å². The minimum atomic E-state index is -0.909. The molecule has 1 aromatic heterocycles. The molecular weight excluding hydrogens is 258 g/mol. The Morgan fingerprint density at radius 2 is 2.11 bits per heavy atom. The van der Waals surface area contributed by atoms with Crippen LogP contribution < -0.4 is 5.56 Å². The molecular formula is C12H10ClNO4. The molecule has 2 N–H and O–H groups in total. The molecule has 0 unspecified atom stereocenters. The molecule has 0 bridgehead atoms. The number of pyridine rings is 1. The van der Waals surface area contributed by atoms with Gasteiger partial charge in [0.2, 0.25) is 0 Å². The molecule has 0 aliphatic heterocycles. The van der Waals surface area contributed by atoms with Crippen LogP contribution >= 0.6 is 11.6 Å². The number of carbonyl (C=O) groups excluding carboxylic acids is 1. The Morgan fingerprint density at radius 1 is 1.44 bits per heavy atom. The molecule has 0 aliphatic carbocycles. The van der Waals surface area contributed by atoms with E-state index in [1.165, 1.54) is 0 Å². The van der Waals surface area contributed by atoms with Crippen molar-refractivity contribution in [2.24, 2.45) is 0 Å². The number of hydrogen-bond acceptors (Lipinski definition) is 4. The number of benzene rings is 1. The Bertz CT molecular complexity index is 705. The van der Waals surface area contributed by atoms with Crippen LogP contribution in [0.15, 0.2) is 16.9 Å². The third kappa shape index (κ3) is 1.73. The second kappa shape index (κ2) is 4.34. The number of hydrogen-bond donors (Lipinski definition) is 2. The van der Waals surface area contributed by atoms with Gasteiger partial charge < -0.3 is 14.8 Å². The summed E-state index contributed by atoms with van der Waals surface area (Å²) >= 11 is 6.07. The van der Waals surface area contributed by atoms with Crippen molar-refractivity contribution in [1.82, 2.24) is 4.98 Å². The highest BCUT2D eigenvalue weighted by Crippen LogP contribution is 2.33. The molecule has 0 atom stereocenters. The molecule has 5 nitrogen and oxygen atoms in total. The quantitative estimate of drug-likeness (QED) is 0.775. The number of aromatic amines is 1. The maximum absolute atomic E-state index is 11.7. The van der Waals surface area contributed by atoms with E-state index in [9.17, 15) is 14.7 Å². The van der Waals surface area contributed by atoms with E-state index in [1.807, 2.05) is 0 Å². The van der Waals surface area contributed by atoms with Crippen molar-refractivity contribution in [3.05, 3.63) is 38.6 Å². The Labute approximate surface area is 107 Å². The number of H-pyrrole nitrogens is 1. The van der Waals surface area contributed by atoms with Crippen LogP contribution in [0.25, 0.3) is 10.9 Å². The molecule has 0 fully saturated rings. The molecule has 6 heteroatoms. The lowest BCUT2D eigenvalue weighted by Crippen LogP contribution is -2.19. The van der Waals surface area contributed by atoms with Crippen molar-refractivity contribution < 1.29 is 14.6 Å². The van der Waals surface area contributed by atoms with Crippen molar-refractivity contribution in [1.29, 1.82) is 0 Å². The van der Waals surface area contributed by atoms with Crippen LogP contribution in [-0.4, -0.2) is 23.2 Å². The number of aromatic nitrogens is 1. The van der Waals surface area contributed by atoms with Crippen LogP contribution in [-0.2, 0) is 4.74 Å². The zero-order valence-corrected chi connectivity index (χ0v) is 10.5. The third-order valence-electron chi connectivity index (χ3n) is 2.67. The van der Waals surface area contributed by atoms with Gasteiger partial charge in [-0.15, -0.1) is 0 Å². The highest BCUT2D eigenvalue weighted by Gasteiger charge is 2.21. The fourth-order valence-electron chi connectivity index (χ4n) is 1.72. The van der Waals surface area contributed by atoms with Gasteiger partial charge in [-0.05, 0) is 18.6 Å². The first-order valence-corrected chi connectivity index (χ1v) is 5.47. The number of halogens is 1. The lowest BCUT2D eigenvalue weighted by molar-refractivity contribution is 0.0595. The van der Waals surface area contributed by atoms with E-state index in [1.54, 1.807) is 19.1 Å². The van der Waals surface area contributed by atoms with Gasteiger partial charge in [0, 0.05) is 0 Å². The second-order valence-corrected chi connectivity index (χ2v) is 4.17. The summed E-state index contributed by atoms with van der Waals surface area (Å²) in [4.78, 5) is 25.6. The third-order valence-corrected chi connectivity index (χ3v) is 3.16. The molecule has 0 saturated carbocycles. The monoisotopic (exact) mass is 267 g/mol. The minimum Gasteiger partial charge on any atom is -0.506 e. The predicted octanol–water partition coefficient (Wildman–Crippen LogP) is 1.98. The van der Waals surface area contributed by atoms with Crippen molar-refractivity contribution in [3.8, 4) is 5.75 Å². The van der Waals surface area contributed by atoms with Crippen molar-refractivity contribution in [3.63, 3.8) is 0 Å². The first-order chi connectivity index (χ1) is 8.47. The Kier molecular flexibility index (Phi) is 3.00. The highest BCUT2D eigenvalue weighted by atomic mass is 35.5. The van der Waals surface area contributed by atoms with Crippen molar-refractivity contribution in [2.45, 2.75) is 6.92 Å². The lowest BCUT2D eigenvalue weighted by Gasteiger charge is -2.08. The van der Waals surface area contributed by atoms with Gasteiger partial charge in [0.25, 0.3) is 5.56 Å². The van der Waals surface area contributed by atoms with Crippen molar-refractivity contribution >= 4 is 28.5 Å². The fraction of sp³-hybridized carbons (Fsp3) is 0.167. The van der Waals surface area contributed by atoms with E-state index in [-0.39, 0.29) is 10.4 Å². The number of methoxy groups -OCH3 is 1. The number of nitrogens with one attached hydrogen (secondary N) is 1. The van der Waals surface area contributed by atoms with E-state index in [4.69, 9.17) is 11.6 Å². The average molecular weight is 268 g/mol. The number of ether oxygens (including phenoxy) is 1. The van der Waals surface area contributed by atoms with Gasteiger partial charge in [0.05, 0.1) is 23.0 Å². The van der Waals surface area contributed by atoms with Gasteiger partial charge in [-0.3, -0.25) is 4.79 Å². The van der Waals surface area contributed by atoms with Crippen LogP contribution in [0.4, 0.5) is 0 Å². The second-order valence-electron chi connectivity index (χ2n) is 3.79. The molecule has 0 radical (unpaired) electrons. The normalized spacial score (nSPS) is 10.6. The SMILES string of the molecule is COC(=O)c1c(O)c2c(Cl)c(C)ccc2[nH]c1=O. The summed E-state index contributed by atoms with van der Waals surface area (Å²) in [5.41, 5.74) is -0.0765. The van der Waals surface area contributed by atoms with Gasteiger partial charge in [0.15, 0.2) is 5.56 Å². The molecule has 0 saturated heterocycles. The standard InChI is InChI=1S/C12H10ClNO4/c1-5-3-4-6-7(9(5)13)10(15)8(11(16)14-6)12(17)18-2/h3-4H,1-2H3,(H2,14,15,16). The zero-order valence-electron chi connectivity index (χ0n) is 9.70. The summed E-state index contributed by atoms with van der Waals surface area (Å²) in [7, 11) is 1.13. The molecule has 0 spiro atoms. The first kappa shape index (κ1) is 12.4. The Morgan fingerprint density at radius 3 is 2.72 bits per heavy atom.